The molecule has 0 aliphatic heterocycles. The lowest BCUT2D eigenvalue weighted by Crippen LogP contribution is -2.44. The summed E-state index contributed by atoms with van der Waals surface area (Å²) in [6.07, 6.45) is 105. The van der Waals surface area contributed by atoms with E-state index in [2.05, 4.69) is 38.2 Å². The van der Waals surface area contributed by atoms with Crippen LogP contribution < -0.4 is 5.11 Å². The molecule has 9 heteroatoms. The molecule has 0 aromatic rings. The van der Waals surface area contributed by atoms with Crippen LogP contribution in [0.1, 0.15) is 489 Å². The lowest BCUT2D eigenvalue weighted by Gasteiger charge is -2.26. The first-order chi connectivity index (χ1) is 49.6. The number of carbonyl (C=O) groups excluding carboxylic acids is 3. The van der Waals surface area contributed by atoms with Gasteiger partial charge in [-0.25, -0.2) is 0 Å². The maximum absolute atomic E-state index is 13.0. The first-order valence-corrected chi connectivity index (χ1v) is 45.5. The molecule has 598 valence electrons. The van der Waals surface area contributed by atoms with Gasteiger partial charge in [0, 0.05) is 12.8 Å². The Balaban J connectivity index is 3.87. The monoisotopic (exact) mass is 1420 g/mol. The lowest BCUT2D eigenvalue weighted by atomic mass is 10.0. The van der Waals surface area contributed by atoms with Crippen LogP contribution in [0.2, 0.25) is 0 Å². The van der Waals surface area contributed by atoms with Gasteiger partial charge in [-0.15, -0.1) is 0 Å². The molecule has 0 aromatic heterocycles. The molecule has 0 heterocycles. The van der Waals surface area contributed by atoms with Crippen molar-refractivity contribution in [1.82, 2.24) is 0 Å². The second kappa shape index (κ2) is 83.4. The number of esters is 2. The molecule has 0 bridgehead atoms. The molecule has 0 amide bonds. The number of hydrogen-bond acceptors (Lipinski definition) is 8. The van der Waals surface area contributed by atoms with E-state index in [0.29, 0.717) is 17.4 Å². The van der Waals surface area contributed by atoms with Gasteiger partial charge in [-0.1, -0.05) is 456 Å². The van der Waals surface area contributed by atoms with Gasteiger partial charge in [0.05, 0.1) is 40.3 Å². The molecule has 2 unspecified atom stereocenters. The van der Waals surface area contributed by atoms with E-state index in [4.69, 9.17) is 18.9 Å². The third kappa shape index (κ3) is 84.9. The van der Waals surface area contributed by atoms with Gasteiger partial charge in [-0.05, 0) is 44.9 Å². The average molecular weight is 1430 g/mol. The highest BCUT2D eigenvalue weighted by atomic mass is 16.7. The minimum Gasteiger partial charge on any atom is -0.545 e. The zero-order valence-corrected chi connectivity index (χ0v) is 68.8. The molecular formula is C92H177NO8. The van der Waals surface area contributed by atoms with Crippen molar-refractivity contribution in [3.63, 3.8) is 0 Å². The van der Waals surface area contributed by atoms with Gasteiger partial charge in [-0.2, -0.15) is 0 Å². The molecule has 0 fully saturated rings. The fourth-order valence-corrected chi connectivity index (χ4v) is 14.3. The lowest BCUT2D eigenvalue weighted by molar-refractivity contribution is -0.870. The van der Waals surface area contributed by atoms with Gasteiger partial charge in [0.15, 0.2) is 12.4 Å². The molecule has 0 saturated carbocycles. The van der Waals surface area contributed by atoms with Crippen LogP contribution in [0.25, 0.3) is 0 Å². The number of ether oxygens (including phenoxy) is 4. The quantitative estimate of drug-likeness (QED) is 0.0195. The second-order valence-corrected chi connectivity index (χ2v) is 32.6. The van der Waals surface area contributed by atoms with Crippen molar-refractivity contribution in [2.24, 2.45) is 0 Å². The van der Waals surface area contributed by atoms with E-state index in [1.807, 2.05) is 21.1 Å². The molecule has 0 aromatic carbocycles. The molecule has 0 spiro atoms. The van der Waals surface area contributed by atoms with Crippen molar-refractivity contribution in [3.8, 4) is 0 Å². The third-order valence-corrected chi connectivity index (χ3v) is 21.2. The Labute approximate surface area is 630 Å². The minimum absolute atomic E-state index is 0.152. The molecule has 0 rings (SSSR count). The number of allylic oxidation sites excluding steroid dienone is 4. The summed E-state index contributed by atoms with van der Waals surface area (Å²) in [5, 5.41) is 11.9. The van der Waals surface area contributed by atoms with Gasteiger partial charge < -0.3 is 33.3 Å². The SMILES string of the molecule is CCCCCCC/C=C\C/C=C\CCCCCCCCCCCCCCCCCCCCCCCCCC(=O)OC(COC(=O)CCCCCCCCCCCCCCCCCCCCCCCCCCCCCCCCCCCCCCCCCCC)COC(OCC[N+](C)(C)C)C(=O)[O-]. The second-order valence-electron chi connectivity index (χ2n) is 32.6. The zero-order chi connectivity index (χ0) is 73.2. The van der Waals surface area contributed by atoms with Crippen LogP contribution in [0.5, 0.6) is 0 Å². The number of rotatable bonds is 87. The first kappa shape index (κ1) is 98.8. The van der Waals surface area contributed by atoms with E-state index < -0.39 is 24.3 Å². The molecule has 0 saturated heterocycles. The smallest absolute Gasteiger partial charge is 0.306 e. The highest BCUT2D eigenvalue weighted by molar-refractivity contribution is 5.70. The largest absolute Gasteiger partial charge is 0.545 e. The summed E-state index contributed by atoms with van der Waals surface area (Å²) < 4.78 is 22.9. The fourth-order valence-electron chi connectivity index (χ4n) is 14.3. The Morgan fingerprint density at radius 1 is 0.297 bits per heavy atom. The van der Waals surface area contributed by atoms with Crippen molar-refractivity contribution < 1.29 is 42.9 Å². The average Bonchev–Trinajstić information content (AvgIpc) is 1.25. The normalized spacial score (nSPS) is 12.6. The highest BCUT2D eigenvalue weighted by Crippen LogP contribution is 2.21. The summed E-state index contributed by atoms with van der Waals surface area (Å²) in [7, 11) is 5.96. The molecule has 101 heavy (non-hydrogen) atoms. The van der Waals surface area contributed by atoms with Gasteiger partial charge in [0.25, 0.3) is 0 Å². The van der Waals surface area contributed by atoms with E-state index in [1.54, 1.807) is 0 Å². The topological polar surface area (TPSA) is 111 Å². The minimum atomic E-state index is -1.62. The van der Waals surface area contributed by atoms with Gasteiger partial charge >= 0.3 is 11.9 Å². The fraction of sp³-hybridized carbons (Fsp3) is 0.924. The van der Waals surface area contributed by atoms with Crippen molar-refractivity contribution in [1.29, 1.82) is 0 Å². The number of carboxylic acid groups (broad SMARTS) is 1. The number of aliphatic carboxylic acids is 1. The van der Waals surface area contributed by atoms with Crippen LogP contribution in [0, 0.1) is 0 Å². The van der Waals surface area contributed by atoms with Gasteiger partial charge in [-0.3, -0.25) is 9.59 Å². The maximum Gasteiger partial charge on any atom is 0.306 e. The highest BCUT2D eigenvalue weighted by Gasteiger charge is 2.22. The van der Waals surface area contributed by atoms with Gasteiger partial charge in [0.1, 0.15) is 13.2 Å². The van der Waals surface area contributed by atoms with Gasteiger partial charge in [0.2, 0.25) is 0 Å². The number of hydrogen-bond donors (Lipinski definition) is 0. The summed E-state index contributed by atoms with van der Waals surface area (Å²) in [4.78, 5) is 37.7. The number of quaternary nitrogens is 1. The van der Waals surface area contributed by atoms with Crippen LogP contribution in [0.15, 0.2) is 24.3 Å². The number of likely N-dealkylation sites (N-methyl/N-ethyl adjacent to an activating group) is 1. The summed E-state index contributed by atoms with van der Waals surface area (Å²) in [5.74, 6) is -2.24. The summed E-state index contributed by atoms with van der Waals surface area (Å²) in [6.45, 7) is 4.84. The van der Waals surface area contributed by atoms with Crippen LogP contribution >= 0.6 is 0 Å². The summed E-state index contributed by atoms with van der Waals surface area (Å²) in [5.41, 5.74) is 0. The number of carboxylic acids is 1. The number of carbonyl (C=O) groups is 3. The maximum atomic E-state index is 13.0. The molecule has 0 aliphatic rings. The van der Waals surface area contributed by atoms with Crippen LogP contribution in [0.4, 0.5) is 0 Å². The molecule has 0 radical (unpaired) electrons. The third-order valence-electron chi connectivity index (χ3n) is 21.2. The van der Waals surface area contributed by atoms with Crippen molar-refractivity contribution in [3.05, 3.63) is 24.3 Å². The Bertz CT molecular complexity index is 1710. The zero-order valence-electron chi connectivity index (χ0n) is 68.8. The van der Waals surface area contributed by atoms with Crippen molar-refractivity contribution >= 4 is 17.9 Å². The Kier molecular flexibility index (Phi) is 81.6. The summed E-state index contributed by atoms with van der Waals surface area (Å²) in [6, 6.07) is 0. The molecule has 2 atom stereocenters. The van der Waals surface area contributed by atoms with Crippen molar-refractivity contribution in [2.75, 3.05) is 47.5 Å². The number of nitrogens with zero attached hydrogens (tertiary/aromatic N) is 1. The van der Waals surface area contributed by atoms with E-state index in [1.165, 1.54) is 417 Å². The first-order valence-electron chi connectivity index (χ1n) is 45.5. The molecule has 9 nitrogen and oxygen atoms in total. The number of unbranched alkanes of at least 4 members (excludes halogenated alkanes) is 68. The molecular weight excluding hydrogens is 1250 g/mol. The predicted octanol–water partition coefficient (Wildman–Crippen LogP) is 28.3. The standard InChI is InChI=1S/C92H177NO8/c1-6-8-10-12-14-16-18-20-22-24-26-28-30-32-34-36-38-40-42-43-44-45-46-47-49-50-52-54-56-58-60-62-64-66-68-70-72-74-76-78-80-82-89(94)99-86-88(87-100-92(91(96)97)98-85-84-93(3,4)5)101-90(95)83-81-79-77-75-73-71-69-67-65-63-61-59-57-55-53-51-48-41-39-37-35-33-31-29-27-25-23-21-19-17-15-13-11-9-7-2/h19,21,25,27,88,92H,6-18,20,22-24,26,28-87H2,1-5H3/b21-19-,27-25-. The Morgan fingerprint density at radius 2 is 0.535 bits per heavy atom. The van der Waals surface area contributed by atoms with Crippen LogP contribution in [-0.4, -0.2) is 82.3 Å². The van der Waals surface area contributed by atoms with Crippen LogP contribution in [-0.2, 0) is 33.3 Å². The van der Waals surface area contributed by atoms with Crippen molar-refractivity contribution in [2.45, 2.75) is 501 Å². The van der Waals surface area contributed by atoms with E-state index in [9.17, 15) is 19.5 Å². The Morgan fingerprint density at radius 3 is 0.782 bits per heavy atom. The van der Waals surface area contributed by atoms with E-state index in [-0.39, 0.29) is 32.2 Å². The van der Waals surface area contributed by atoms with Crippen LogP contribution in [0.3, 0.4) is 0 Å². The molecule has 0 aliphatic carbocycles. The van der Waals surface area contributed by atoms with E-state index >= 15 is 0 Å². The predicted molar refractivity (Wildman–Crippen MR) is 436 cm³/mol. The van der Waals surface area contributed by atoms with E-state index in [0.717, 1.165) is 44.9 Å². The molecule has 0 N–H and O–H groups in total. The summed E-state index contributed by atoms with van der Waals surface area (Å²) >= 11 is 0. The Hall–Kier alpha value is -2.23.